The van der Waals surface area contributed by atoms with Crippen LogP contribution in [-0.2, 0) is 23.0 Å². The van der Waals surface area contributed by atoms with Crippen molar-refractivity contribution in [2.75, 3.05) is 0 Å². The second-order valence-corrected chi connectivity index (χ2v) is 2.90. The average Bonchev–Trinajstić information content (AvgIpc) is 1.89. The van der Waals surface area contributed by atoms with Crippen molar-refractivity contribution < 1.29 is 28.1 Å². The number of carboxylic acid groups (broad SMARTS) is 1. The Labute approximate surface area is 68.0 Å². The van der Waals surface area contributed by atoms with Crippen molar-refractivity contribution >= 4 is 5.97 Å². The van der Waals surface area contributed by atoms with Crippen molar-refractivity contribution in [3.05, 3.63) is 11.8 Å². The van der Waals surface area contributed by atoms with Gasteiger partial charge in [-0.05, 0) is 0 Å². The summed E-state index contributed by atoms with van der Waals surface area (Å²) in [6, 6.07) is 0. The van der Waals surface area contributed by atoms with Gasteiger partial charge in [0.2, 0.25) is 0 Å². The Balaban J connectivity index is 3.91. The molecule has 0 saturated heterocycles. The molecule has 0 aliphatic heterocycles. The molecule has 61 valence electrons. The topological polar surface area (TPSA) is 75.3 Å². The molecule has 0 atom stereocenters. The van der Waals surface area contributed by atoms with E-state index in [-0.39, 0.29) is 0 Å². The monoisotopic (exact) mass is 323 g/mol. The number of carbonyl (C=O) groups is 1. The maximum atomic E-state index is 10.3. The third-order valence-corrected chi connectivity index (χ3v) is 1.68. The zero-order chi connectivity index (χ0) is 7.98. The maximum absolute atomic E-state index is 10.3. The van der Waals surface area contributed by atoms with E-state index >= 15 is 0 Å². The van der Waals surface area contributed by atoms with Gasteiger partial charge in [0.05, 0.1) is 0 Å². The Kier molecular flexibility index (Phi) is 5.20. The van der Waals surface area contributed by atoms with Crippen LogP contribution in [0.4, 0.5) is 0 Å². The van der Waals surface area contributed by atoms with Crippen LogP contribution < -0.4 is 8.39 Å². The van der Waals surface area contributed by atoms with Crippen molar-refractivity contribution in [3.8, 4) is 0 Å². The summed E-state index contributed by atoms with van der Waals surface area (Å²) in [6.07, 6.45) is 2.00. The van der Waals surface area contributed by atoms with Gasteiger partial charge < -0.3 is 0 Å². The summed E-state index contributed by atoms with van der Waals surface area (Å²) >= 11 is -0.658. The average molecular weight is 322 g/mol. The van der Waals surface area contributed by atoms with Gasteiger partial charge in [-0.2, -0.15) is 0 Å². The van der Waals surface area contributed by atoms with Gasteiger partial charge in [0.25, 0.3) is 0 Å². The van der Waals surface area contributed by atoms with Crippen LogP contribution in [0.5, 0.6) is 0 Å². The molecule has 0 aliphatic carbocycles. The summed E-state index contributed by atoms with van der Waals surface area (Å²) in [5.74, 6) is -0.880. The van der Waals surface area contributed by atoms with E-state index in [9.17, 15) is 4.79 Å². The zero-order valence-corrected chi connectivity index (χ0v) is 7.95. The summed E-state index contributed by atoms with van der Waals surface area (Å²) in [4.78, 5) is 10.3. The van der Waals surface area contributed by atoms with Gasteiger partial charge in [0.15, 0.2) is 0 Å². The van der Waals surface area contributed by atoms with E-state index < -0.39 is 24.1 Å². The number of hydrogen-bond acceptors (Lipinski definition) is 3. The van der Waals surface area contributed by atoms with Gasteiger partial charge in [0, 0.05) is 0 Å². The fourth-order valence-electron chi connectivity index (χ4n) is 0.401. The van der Waals surface area contributed by atoms with E-state index in [1.165, 1.54) is 6.20 Å². The second kappa shape index (κ2) is 5.41. The van der Waals surface area contributed by atoms with Crippen LogP contribution >= 0.6 is 0 Å². The molecule has 0 saturated carbocycles. The fraction of sp³-hybridized carbons (Fsp3) is 0.400. The molecular formula is C5H10IrN2O2. The Morgan fingerprint density at radius 1 is 1.90 bits per heavy atom. The molecular weight excluding hydrogens is 312 g/mol. The first kappa shape index (κ1) is 9.62. The molecule has 0 aromatic rings. The van der Waals surface area contributed by atoms with Crippen molar-refractivity contribution in [2.24, 2.45) is 4.40 Å². The van der Waals surface area contributed by atoms with Gasteiger partial charge in [-0.1, -0.05) is 0 Å². The van der Waals surface area contributed by atoms with E-state index in [0.717, 1.165) is 0 Å². The molecule has 4 N–H and O–H groups in total. The molecule has 0 aromatic heterocycles. The first-order valence-corrected chi connectivity index (χ1v) is 5.26. The van der Waals surface area contributed by atoms with E-state index in [1.807, 2.05) is 0 Å². The van der Waals surface area contributed by atoms with Gasteiger partial charge in [-0.3, -0.25) is 0 Å². The molecule has 0 amide bonds. The summed E-state index contributed by atoms with van der Waals surface area (Å²) in [6.45, 7) is 1.79. The minimum absolute atomic E-state index is 0.370. The van der Waals surface area contributed by atoms with Crippen LogP contribution in [0.3, 0.4) is 0 Å². The van der Waals surface area contributed by atoms with Gasteiger partial charge >= 0.3 is 67.6 Å². The summed E-state index contributed by atoms with van der Waals surface area (Å²) in [5.41, 5.74) is 0.370. The molecule has 4 nitrogen and oxygen atoms in total. The Morgan fingerprint density at radius 3 is 2.80 bits per heavy atom. The van der Waals surface area contributed by atoms with Crippen LogP contribution in [0.25, 0.3) is 0 Å². The van der Waals surface area contributed by atoms with Gasteiger partial charge in [0.1, 0.15) is 0 Å². The number of nitrogens with two attached hydrogens (primary N) is 1. The Morgan fingerprint density at radius 2 is 2.50 bits per heavy atom. The predicted molar refractivity (Wildman–Crippen MR) is 33.3 cm³/mol. The molecule has 0 fully saturated rings. The van der Waals surface area contributed by atoms with E-state index in [4.69, 9.17) is 9.51 Å². The predicted octanol–water partition coefficient (Wildman–Crippen LogP) is -0.174. The molecule has 10 heavy (non-hydrogen) atoms. The third kappa shape index (κ3) is 3.61. The number of nitrogens with one attached hydrogen (secondary N) is 1. The molecule has 0 spiro atoms. The molecule has 0 aromatic carbocycles. The number of hydrogen-bond donors (Lipinski definition) is 3. The van der Waals surface area contributed by atoms with Crippen molar-refractivity contribution in [2.45, 2.75) is 13.3 Å². The molecule has 0 aliphatic rings. The van der Waals surface area contributed by atoms with Crippen molar-refractivity contribution in [3.63, 3.8) is 0 Å². The molecule has 0 bridgehead atoms. The first-order chi connectivity index (χ1) is 4.72. The summed E-state index contributed by atoms with van der Waals surface area (Å²) in [7, 11) is 0. The number of rotatable bonds is 4. The first-order valence-electron chi connectivity index (χ1n) is 2.67. The fourth-order valence-corrected chi connectivity index (χ4v) is 1.02. The standard InChI is InChI=1S/C5H8NO2.Ir.H2N/c1-2-4(3-6)5(7)8;;/h3,6H,2H2,1H3,(H,7,8);;1H2/q-1;+2;-1. The quantitative estimate of drug-likeness (QED) is 0.628. The van der Waals surface area contributed by atoms with Crippen molar-refractivity contribution in [1.82, 2.24) is 3.99 Å². The van der Waals surface area contributed by atoms with Crippen LogP contribution in [0.2, 0.25) is 0 Å². The van der Waals surface area contributed by atoms with Crippen molar-refractivity contribution in [1.29, 1.82) is 0 Å². The van der Waals surface area contributed by atoms with Gasteiger partial charge in [-0.25, -0.2) is 0 Å². The van der Waals surface area contributed by atoms with E-state index in [0.29, 0.717) is 12.0 Å². The molecule has 0 heterocycles. The number of carboxylic acids is 1. The van der Waals surface area contributed by atoms with Crippen LogP contribution in [0.15, 0.2) is 11.8 Å². The van der Waals surface area contributed by atoms with Gasteiger partial charge in [-0.15, -0.1) is 0 Å². The zero-order valence-electron chi connectivity index (χ0n) is 5.55. The minimum atomic E-state index is -0.880. The Hall–Kier alpha value is -0.381. The molecule has 0 radical (unpaired) electrons. The van der Waals surface area contributed by atoms with E-state index in [2.05, 4.69) is 3.99 Å². The third-order valence-electron chi connectivity index (χ3n) is 0.934. The van der Waals surface area contributed by atoms with Crippen LogP contribution in [0, 0.1) is 0 Å². The second-order valence-electron chi connectivity index (χ2n) is 1.52. The molecule has 5 heteroatoms. The molecule has 0 unspecified atom stereocenters. The van der Waals surface area contributed by atoms with Crippen LogP contribution in [0.1, 0.15) is 13.3 Å². The normalized spacial score (nSPS) is 11.6. The number of aliphatic carboxylic acids is 1. The summed E-state index contributed by atoms with van der Waals surface area (Å²) in [5, 5.41) is 8.46. The SMILES string of the molecule is CCC(=C[NH][Ir][NH2])C(=O)O. The van der Waals surface area contributed by atoms with E-state index in [1.54, 1.807) is 6.92 Å². The Bertz CT molecular complexity index is 147. The molecule has 0 rings (SSSR count). The van der Waals surface area contributed by atoms with Crippen LogP contribution in [-0.4, -0.2) is 11.1 Å². The summed E-state index contributed by atoms with van der Waals surface area (Å²) < 4.78 is 7.95.